The average Bonchev–Trinajstić information content (AvgIpc) is 2.46. The number of nitrogens with zero attached hydrogens (tertiary/aromatic N) is 1. The van der Waals surface area contributed by atoms with E-state index in [2.05, 4.69) is 46.6 Å². The van der Waals surface area contributed by atoms with Gasteiger partial charge in [-0.1, -0.05) is 35.9 Å². The molecular formula is C16H25BrN2O2. The Morgan fingerprint density at radius 1 is 1.48 bits per heavy atom. The number of alkyl halides is 1. The van der Waals surface area contributed by atoms with Crippen molar-refractivity contribution < 1.29 is 9.53 Å². The number of halogens is 1. The molecule has 1 N–H and O–H groups in total. The van der Waals surface area contributed by atoms with E-state index in [9.17, 15) is 4.79 Å². The van der Waals surface area contributed by atoms with Gasteiger partial charge in [-0.25, -0.2) is 4.79 Å². The molecule has 5 heteroatoms. The van der Waals surface area contributed by atoms with E-state index >= 15 is 0 Å². The molecular weight excluding hydrogens is 332 g/mol. The van der Waals surface area contributed by atoms with Gasteiger partial charge in [0.1, 0.15) is 5.75 Å². The lowest BCUT2D eigenvalue weighted by Gasteiger charge is -2.20. The maximum Gasteiger partial charge on any atom is 0.412 e. The number of anilines is 1. The summed E-state index contributed by atoms with van der Waals surface area (Å²) in [7, 11) is 5.54. The minimum absolute atomic E-state index is 0.376. The van der Waals surface area contributed by atoms with Crippen molar-refractivity contribution in [1.29, 1.82) is 0 Å². The number of benzene rings is 1. The predicted molar refractivity (Wildman–Crippen MR) is 93.9 cm³/mol. The van der Waals surface area contributed by atoms with Gasteiger partial charge in [0, 0.05) is 32.2 Å². The summed E-state index contributed by atoms with van der Waals surface area (Å²) in [5.41, 5.74) is 2.31. The largest absolute Gasteiger partial charge is 0.412 e. The summed E-state index contributed by atoms with van der Waals surface area (Å²) in [6.45, 7) is 7.67. The van der Waals surface area contributed by atoms with Crippen LogP contribution in [0.2, 0.25) is 0 Å². The Morgan fingerprint density at radius 3 is 2.43 bits per heavy atom. The molecule has 0 unspecified atom stereocenters. The molecule has 0 saturated heterocycles. The summed E-state index contributed by atoms with van der Waals surface area (Å²) in [4.78, 5) is 13.2. The van der Waals surface area contributed by atoms with Gasteiger partial charge in [0.15, 0.2) is 0 Å². The van der Waals surface area contributed by atoms with Crippen LogP contribution in [0.5, 0.6) is 5.75 Å². The van der Waals surface area contributed by atoms with Crippen LogP contribution in [0.1, 0.15) is 25.3 Å². The molecule has 0 fully saturated rings. The molecule has 0 aliphatic carbocycles. The molecule has 21 heavy (non-hydrogen) atoms. The van der Waals surface area contributed by atoms with E-state index in [4.69, 9.17) is 4.74 Å². The summed E-state index contributed by atoms with van der Waals surface area (Å²) in [6, 6.07) is 5.68. The van der Waals surface area contributed by atoms with Crippen molar-refractivity contribution in [1.82, 2.24) is 5.32 Å². The lowest BCUT2D eigenvalue weighted by atomic mass is 10.0. The molecule has 0 aromatic heterocycles. The Balaban J connectivity index is 0.000000885. The van der Waals surface area contributed by atoms with E-state index in [0.29, 0.717) is 11.7 Å². The first-order valence-corrected chi connectivity index (χ1v) is 7.87. The average molecular weight is 357 g/mol. The summed E-state index contributed by atoms with van der Waals surface area (Å²) in [5.74, 6) is 0.944. The van der Waals surface area contributed by atoms with Gasteiger partial charge in [0.05, 0.1) is 0 Å². The Kier molecular flexibility index (Phi) is 9.54. The van der Waals surface area contributed by atoms with E-state index in [1.807, 2.05) is 26.2 Å². The normalized spacial score (nSPS) is 9.48. The van der Waals surface area contributed by atoms with E-state index < -0.39 is 6.09 Å². The zero-order valence-electron chi connectivity index (χ0n) is 13.4. The lowest BCUT2D eigenvalue weighted by Crippen LogP contribution is -2.22. The van der Waals surface area contributed by atoms with Gasteiger partial charge < -0.3 is 15.0 Å². The van der Waals surface area contributed by atoms with Gasteiger partial charge in [-0.3, -0.25) is 0 Å². The van der Waals surface area contributed by atoms with Crippen LogP contribution in [0.3, 0.4) is 0 Å². The third kappa shape index (κ3) is 7.18. The van der Waals surface area contributed by atoms with Gasteiger partial charge >= 0.3 is 6.09 Å². The van der Waals surface area contributed by atoms with Crippen molar-refractivity contribution in [2.75, 3.05) is 31.4 Å². The molecule has 4 nitrogen and oxygen atoms in total. The van der Waals surface area contributed by atoms with Crippen molar-refractivity contribution in [2.24, 2.45) is 0 Å². The molecule has 0 spiro atoms. The molecule has 0 saturated carbocycles. The van der Waals surface area contributed by atoms with Crippen LogP contribution >= 0.6 is 15.9 Å². The van der Waals surface area contributed by atoms with Crippen LogP contribution < -0.4 is 15.0 Å². The second-order valence-corrected chi connectivity index (χ2v) is 5.50. The van der Waals surface area contributed by atoms with Crippen LogP contribution in [-0.4, -0.2) is 32.6 Å². The van der Waals surface area contributed by atoms with Crippen LogP contribution in [0, 0.1) is 0 Å². The summed E-state index contributed by atoms with van der Waals surface area (Å²) in [6.07, 6.45) is 1.34. The first-order chi connectivity index (χ1) is 9.87. The van der Waals surface area contributed by atoms with Crippen molar-refractivity contribution in [3.63, 3.8) is 0 Å². The number of carbonyl (C=O) groups excluding carboxylic acids is 1. The lowest BCUT2D eigenvalue weighted by molar-refractivity contribution is 0.203. The van der Waals surface area contributed by atoms with Gasteiger partial charge in [-0.05, 0) is 29.7 Å². The van der Waals surface area contributed by atoms with Crippen molar-refractivity contribution in [3.8, 4) is 5.75 Å². The number of rotatable bonds is 4. The molecule has 1 aromatic rings. The van der Waals surface area contributed by atoms with E-state index in [1.54, 1.807) is 19.2 Å². The van der Waals surface area contributed by atoms with Crippen molar-refractivity contribution in [3.05, 3.63) is 36.4 Å². The molecule has 0 aliphatic heterocycles. The molecule has 0 aliphatic rings. The fourth-order valence-electron chi connectivity index (χ4n) is 1.62. The zero-order valence-corrected chi connectivity index (χ0v) is 15.0. The minimum atomic E-state index is -0.447. The monoisotopic (exact) mass is 356 g/mol. The van der Waals surface area contributed by atoms with E-state index in [0.717, 1.165) is 16.6 Å². The zero-order chi connectivity index (χ0) is 16.4. The van der Waals surface area contributed by atoms with Gasteiger partial charge in [-0.15, -0.1) is 6.58 Å². The molecule has 0 heterocycles. The first kappa shape index (κ1) is 19.5. The fourth-order valence-corrected chi connectivity index (χ4v) is 1.62. The summed E-state index contributed by atoms with van der Waals surface area (Å²) >= 11 is 3.13. The van der Waals surface area contributed by atoms with E-state index in [1.165, 1.54) is 0 Å². The highest BCUT2D eigenvalue weighted by Gasteiger charge is 2.11. The highest BCUT2D eigenvalue weighted by atomic mass is 79.9. The molecule has 1 rings (SSSR count). The van der Waals surface area contributed by atoms with Crippen LogP contribution in [0.25, 0.3) is 0 Å². The van der Waals surface area contributed by atoms with Gasteiger partial charge in [0.25, 0.3) is 0 Å². The maximum atomic E-state index is 11.1. The molecule has 0 bridgehead atoms. The SMILES string of the molecule is C=CCBr.CNC(=O)Oc1ccc(N(C)C)c(C(C)C)c1. The van der Waals surface area contributed by atoms with Gasteiger partial charge in [-0.2, -0.15) is 0 Å². The molecule has 0 atom stereocenters. The standard InChI is InChI=1S/C13H20N2O2.C3H5Br/c1-9(2)11-8-10(17-13(16)14-3)6-7-12(11)15(4)5;1-2-3-4/h6-9H,1-5H3,(H,14,16);2H,1,3H2. The molecule has 118 valence electrons. The van der Waals surface area contributed by atoms with Crippen LogP contribution in [-0.2, 0) is 0 Å². The number of hydrogen-bond acceptors (Lipinski definition) is 3. The van der Waals surface area contributed by atoms with Crippen molar-refractivity contribution in [2.45, 2.75) is 19.8 Å². The Hall–Kier alpha value is -1.49. The van der Waals surface area contributed by atoms with Crippen LogP contribution in [0.4, 0.5) is 10.5 Å². The number of allylic oxidation sites excluding steroid dienone is 1. The summed E-state index contributed by atoms with van der Waals surface area (Å²) in [5, 5.41) is 3.32. The Bertz CT molecular complexity index is 460. The topological polar surface area (TPSA) is 41.6 Å². The quantitative estimate of drug-likeness (QED) is 0.650. The first-order valence-electron chi connectivity index (χ1n) is 6.75. The highest BCUT2D eigenvalue weighted by Crippen LogP contribution is 2.30. The predicted octanol–water partition coefficient (Wildman–Crippen LogP) is 4.16. The van der Waals surface area contributed by atoms with Gasteiger partial charge in [0.2, 0.25) is 0 Å². The fraction of sp³-hybridized carbons (Fsp3) is 0.438. The third-order valence-corrected chi connectivity index (χ3v) is 3.08. The van der Waals surface area contributed by atoms with Crippen LogP contribution in [0.15, 0.2) is 30.9 Å². The molecule has 0 radical (unpaired) electrons. The Morgan fingerprint density at radius 2 is 2.05 bits per heavy atom. The summed E-state index contributed by atoms with van der Waals surface area (Å²) < 4.78 is 5.12. The smallest absolute Gasteiger partial charge is 0.410 e. The number of ether oxygens (including phenoxy) is 1. The maximum absolute atomic E-state index is 11.1. The molecule has 1 aromatic carbocycles. The number of nitrogens with one attached hydrogen (secondary N) is 1. The highest BCUT2D eigenvalue weighted by molar-refractivity contribution is 9.09. The molecule has 1 amide bonds. The second kappa shape index (κ2) is 10.3. The minimum Gasteiger partial charge on any atom is -0.410 e. The third-order valence-electron chi connectivity index (χ3n) is 2.63. The number of hydrogen-bond donors (Lipinski definition) is 1. The Labute approximate surface area is 136 Å². The number of amides is 1. The van der Waals surface area contributed by atoms with E-state index in [-0.39, 0.29) is 0 Å². The van der Waals surface area contributed by atoms with Crippen molar-refractivity contribution >= 4 is 27.7 Å². The number of carbonyl (C=O) groups is 1. The second-order valence-electron chi connectivity index (χ2n) is 4.85.